The lowest BCUT2D eigenvalue weighted by Crippen LogP contribution is -2.40. The van der Waals surface area contributed by atoms with Gasteiger partial charge >= 0.3 is 0 Å². The molecule has 0 fully saturated rings. The molecule has 0 aliphatic carbocycles. The van der Waals surface area contributed by atoms with Crippen molar-refractivity contribution in [3.63, 3.8) is 0 Å². The smallest absolute Gasteiger partial charge is 0.243 e. The monoisotopic (exact) mass is 425 g/mol. The average molecular weight is 426 g/mol. The van der Waals surface area contributed by atoms with Gasteiger partial charge in [0.15, 0.2) is 0 Å². The van der Waals surface area contributed by atoms with Gasteiger partial charge in [0.2, 0.25) is 26.0 Å². The van der Waals surface area contributed by atoms with E-state index in [2.05, 4.69) is 5.32 Å². The third-order valence-electron chi connectivity index (χ3n) is 4.07. The van der Waals surface area contributed by atoms with Crippen LogP contribution in [0.25, 0.3) is 0 Å². The quantitative estimate of drug-likeness (QED) is 0.652. The summed E-state index contributed by atoms with van der Waals surface area (Å²) in [5.41, 5.74) is 1.60. The molecule has 1 amide bonds. The number of hydrogen-bond acceptors (Lipinski definition) is 5. The highest BCUT2D eigenvalue weighted by atomic mass is 32.2. The van der Waals surface area contributed by atoms with E-state index in [0.717, 1.165) is 9.87 Å². The van der Waals surface area contributed by atoms with Crippen molar-refractivity contribution in [2.24, 2.45) is 5.14 Å². The average Bonchev–Trinajstić information content (AvgIpc) is 2.64. The Morgan fingerprint density at radius 3 is 2.00 bits per heavy atom. The molecule has 0 aromatic heterocycles. The molecule has 0 aliphatic rings. The molecule has 0 saturated heterocycles. The largest absolute Gasteiger partial charge is 0.351 e. The SMILES string of the molecule is CCN(CC(=O)NCc1ccc(S(N)(=O)=O)cc1)S(=O)(=O)c1ccc(C)cc1. The zero-order valence-electron chi connectivity index (χ0n) is 15.6. The second-order valence-corrected chi connectivity index (χ2v) is 9.71. The van der Waals surface area contributed by atoms with Gasteiger partial charge in [-0.05, 0) is 36.8 Å². The first-order valence-corrected chi connectivity index (χ1v) is 11.5. The van der Waals surface area contributed by atoms with Crippen LogP contribution in [0.1, 0.15) is 18.1 Å². The summed E-state index contributed by atoms with van der Waals surface area (Å²) in [7, 11) is -7.55. The molecule has 0 unspecified atom stereocenters. The van der Waals surface area contributed by atoms with Crippen LogP contribution < -0.4 is 10.5 Å². The molecule has 0 bridgehead atoms. The molecule has 2 aromatic rings. The van der Waals surface area contributed by atoms with Gasteiger partial charge in [-0.1, -0.05) is 36.8 Å². The van der Waals surface area contributed by atoms with Gasteiger partial charge < -0.3 is 5.32 Å². The summed E-state index contributed by atoms with van der Waals surface area (Å²) in [4.78, 5) is 12.3. The van der Waals surface area contributed by atoms with E-state index < -0.39 is 26.0 Å². The molecule has 28 heavy (non-hydrogen) atoms. The second kappa shape index (κ2) is 8.82. The number of sulfonamides is 2. The van der Waals surface area contributed by atoms with Crippen LogP contribution in [0, 0.1) is 6.92 Å². The molecule has 152 valence electrons. The minimum atomic E-state index is -3.78. The fourth-order valence-corrected chi connectivity index (χ4v) is 4.36. The van der Waals surface area contributed by atoms with Crippen molar-refractivity contribution in [3.8, 4) is 0 Å². The Kier molecular flexibility index (Phi) is 6.94. The number of hydrogen-bond donors (Lipinski definition) is 2. The van der Waals surface area contributed by atoms with Gasteiger partial charge in [-0.25, -0.2) is 22.0 Å². The highest BCUT2D eigenvalue weighted by Gasteiger charge is 2.25. The lowest BCUT2D eigenvalue weighted by Gasteiger charge is -2.20. The minimum Gasteiger partial charge on any atom is -0.351 e. The second-order valence-electron chi connectivity index (χ2n) is 6.21. The molecule has 8 nitrogen and oxygen atoms in total. The number of likely N-dealkylation sites (N-methyl/N-ethyl adjacent to an activating group) is 1. The maximum absolute atomic E-state index is 12.7. The predicted octanol–water partition coefficient (Wildman–Crippen LogP) is 0.969. The summed E-state index contributed by atoms with van der Waals surface area (Å²) >= 11 is 0. The molecule has 0 radical (unpaired) electrons. The number of carbonyl (C=O) groups excluding carboxylic acids is 1. The zero-order chi connectivity index (χ0) is 20.9. The molecule has 0 saturated carbocycles. The van der Waals surface area contributed by atoms with Crippen molar-refractivity contribution in [2.45, 2.75) is 30.2 Å². The van der Waals surface area contributed by atoms with Crippen LogP contribution in [0.3, 0.4) is 0 Å². The van der Waals surface area contributed by atoms with Gasteiger partial charge in [-0.2, -0.15) is 4.31 Å². The molecule has 2 rings (SSSR count). The number of nitrogens with two attached hydrogens (primary N) is 1. The first-order chi connectivity index (χ1) is 13.0. The van der Waals surface area contributed by atoms with E-state index in [1.54, 1.807) is 19.1 Å². The number of benzene rings is 2. The molecule has 2 aromatic carbocycles. The van der Waals surface area contributed by atoms with Crippen LogP contribution in [0.2, 0.25) is 0 Å². The summed E-state index contributed by atoms with van der Waals surface area (Å²) in [5.74, 6) is -0.465. The number of carbonyl (C=O) groups is 1. The maximum atomic E-state index is 12.7. The van der Waals surface area contributed by atoms with E-state index >= 15 is 0 Å². The van der Waals surface area contributed by atoms with E-state index in [1.807, 2.05) is 6.92 Å². The van der Waals surface area contributed by atoms with Gasteiger partial charge in [0.05, 0.1) is 16.3 Å². The van der Waals surface area contributed by atoms with Gasteiger partial charge in [0, 0.05) is 13.1 Å². The van der Waals surface area contributed by atoms with Gasteiger partial charge in [0.1, 0.15) is 0 Å². The lowest BCUT2D eigenvalue weighted by atomic mass is 10.2. The zero-order valence-corrected chi connectivity index (χ0v) is 17.3. The summed E-state index contributed by atoms with van der Waals surface area (Å²) in [6, 6.07) is 12.2. The van der Waals surface area contributed by atoms with E-state index in [9.17, 15) is 21.6 Å². The summed E-state index contributed by atoms with van der Waals surface area (Å²) in [6.07, 6.45) is 0. The normalized spacial score (nSPS) is 12.1. The molecule has 0 atom stereocenters. The molecule has 3 N–H and O–H groups in total. The first-order valence-electron chi connectivity index (χ1n) is 8.49. The summed E-state index contributed by atoms with van der Waals surface area (Å²) in [5, 5.41) is 7.67. The van der Waals surface area contributed by atoms with Gasteiger partial charge in [0.25, 0.3) is 0 Å². The van der Waals surface area contributed by atoms with Crippen molar-refractivity contribution in [3.05, 3.63) is 59.7 Å². The number of nitrogens with one attached hydrogen (secondary N) is 1. The number of nitrogens with zero attached hydrogens (tertiary/aromatic N) is 1. The van der Waals surface area contributed by atoms with Crippen molar-refractivity contribution < 1.29 is 21.6 Å². The highest BCUT2D eigenvalue weighted by molar-refractivity contribution is 7.89. The van der Waals surface area contributed by atoms with Crippen molar-refractivity contribution in [2.75, 3.05) is 13.1 Å². The van der Waals surface area contributed by atoms with Crippen LogP contribution in [0.4, 0.5) is 0 Å². The number of amides is 1. The van der Waals surface area contributed by atoms with Crippen molar-refractivity contribution in [1.29, 1.82) is 0 Å². The van der Waals surface area contributed by atoms with Crippen LogP contribution >= 0.6 is 0 Å². The Hall–Kier alpha value is -2.27. The molecule has 0 heterocycles. The first kappa shape index (κ1) is 22.0. The number of rotatable bonds is 8. The van der Waals surface area contributed by atoms with E-state index in [1.165, 1.54) is 36.4 Å². The van der Waals surface area contributed by atoms with E-state index in [4.69, 9.17) is 5.14 Å². The Morgan fingerprint density at radius 1 is 0.964 bits per heavy atom. The summed E-state index contributed by atoms with van der Waals surface area (Å²) < 4.78 is 49.0. The molecule has 0 spiro atoms. The Bertz CT molecular complexity index is 1030. The van der Waals surface area contributed by atoms with Gasteiger partial charge in [-0.15, -0.1) is 0 Å². The Labute approximate surface area is 165 Å². The van der Waals surface area contributed by atoms with Crippen LogP contribution in [0.5, 0.6) is 0 Å². The number of aryl methyl sites for hydroxylation is 1. The third-order valence-corrected chi connectivity index (χ3v) is 6.94. The Morgan fingerprint density at radius 2 is 1.50 bits per heavy atom. The molecular formula is C18H23N3O5S2. The fourth-order valence-electron chi connectivity index (χ4n) is 2.44. The van der Waals surface area contributed by atoms with Crippen molar-refractivity contribution >= 4 is 26.0 Å². The molecule has 0 aliphatic heterocycles. The minimum absolute atomic E-state index is 0.0241. The van der Waals surface area contributed by atoms with Crippen molar-refractivity contribution in [1.82, 2.24) is 9.62 Å². The maximum Gasteiger partial charge on any atom is 0.243 e. The topological polar surface area (TPSA) is 127 Å². The highest BCUT2D eigenvalue weighted by Crippen LogP contribution is 2.16. The lowest BCUT2D eigenvalue weighted by molar-refractivity contribution is -0.121. The predicted molar refractivity (Wildman–Crippen MR) is 105 cm³/mol. The fraction of sp³-hybridized carbons (Fsp3) is 0.278. The van der Waals surface area contributed by atoms with Gasteiger partial charge in [-0.3, -0.25) is 4.79 Å². The van der Waals surface area contributed by atoms with Crippen LogP contribution in [-0.2, 0) is 31.4 Å². The summed E-state index contributed by atoms with van der Waals surface area (Å²) in [6.45, 7) is 3.47. The number of primary sulfonamides is 1. The van der Waals surface area contributed by atoms with E-state index in [-0.39, 0.29) is 29.4 Å². The third kappa shape index (κ3) is 5.61. The van der Waals surface area contributed by atoms with Crippen LogP contribution in [-0.4, -0.2) is 40.1 Å². The Balaban J connectivity index is 2.01. The van der Waals surface area contributed by atoms with E-state index in [0.29, 0.717) is 5.56 Å². The van der Waals surface area contributed by atoms with Crippen LogP contribution in [0.15, 0.2) is 58.3 Å². The molecule has 10 heteroatoms. The standard InChI is InChI=1S/C18H23N3O5S2/c1-3-21(28(25,26)17-8-4-14(2)5-9-17)13-18(22)20-12-15-6-10-16(11-7-15)27(19,23)24/h4-11H,3,12-13H2,1-2H3,(H,20,22)(H2,19,23,24). The molecular weight excluding hydrogens is 402 g/mol.